The fourth-order valence-corrected chi connectivity index (χ4v) is 2.87. The maximum absolute atomic E-state index is 13.0. The van der Waals surface area contributed by atoms with E-state index in [9.17, 15) is 14.0 Å². The van der Waals surface area contributed by atoms with Crippen LogP contribution in [0, 0.1) is 11.7 Å². The van der Waals surface area contributed by atoms with Crippen molar-refractivity contribution in [3.05, 3.63) is 82.3 Å². The van der Waals surface area contributed by atoms with Crippen LogP contribution in [0.5, 0.6) is 0 Å². The number of carbonyl (C=O) groups excluding carboxylic acids is 1. The van der Waals surface area contributed by atoms with Gasteiger partial charge in [0.1, 0.15) is 11.6 Å². The number of hydrogen-bond acceptors (Lipinski definition) is 4. The molecular weight excluding hydrogens is 359 g/mol. The Hall–Kier alpha value is -3.35. The van der Waals surface area contributed by atoms with Crippen molar-refractivity contribution in [2.45, 2.75) is 26.3 Å². The Morgan fingerprint density at radius 3 is 2.61 bits per heavy atom. The Bertz CT molecular complexity index is 1000. The van der Waals surface area contributed by atoms with Gasteiger partial charge in [-0.25, -0.2) is 9.37 Å². The zero-order valence-corrected chi connectivity index (χ0v) is 15.6. The van der Waals surface area contributed by atoms with E-state index in [4.69, 9.17) is 0 Å². The van der Waals surface area contributed by atoms with Gasteiger partial charge in [0.2, 0.25) is 5.91 Å². The highest BCUT2D eigenvalue weighted by molar-refractivity contribution is 5.79. The summed E-state index contributed by atoms with van der Waals surface area (Å²) in [6, 6.07) is 10.3. The third kappa shape index (κ3) is 4.88. The van der Waals surface area contributed by atoms with Crippen LogP contribution in [-0.4, -0.2) is 20.9 Å². The van der Waals surface area contributed by atoms with E-state index in [1.54, 1.807) is 36.7 Å². The summed E-state index contributed by atoms with van der Waals surface area (Å²) in [4.78, 5) is 35.9. The standard InChI is InChI=1S/C21H21FN4O2/c1-13(2)20(25-18(27)10-14-5-7-16(22)8-6-14)17-11-19(28)26-21(24-17)15-4-3-9-23-12-15/h3-9,11-13,20H,10H2,1-2H3,(H,25,27)(H,24,26,28). The predicted molar refractivity (Wildman–Crippen MR) is 104 cm³/mol. The van der Waals surface area contributed by atoms with Gasteiger partial charge in [-0.1, -0.05) is 26.0 Å². The van der Waals surface area contributed by atoms with E-state index in [2.05, 4.69) is 20.3 Å². The van der Waals surface area contributed by atoms with Gasteiger partial charge in [-0.15, -0.1) is 0 Å². The fraction of sp³-hybridized carbons (Fsp3) is 0.238. The fourth-order valence-electron chi connectivity index (χ4n) is 2.87. The molecule has 3 aromatic rings. The van der Waals surface area contributed by atoms with Crippen LogP contribution >= 0.6 is 0 Å². The quantitative estimate of drug-likeness (QED) is 0.688. The lowest BCUT2D eigenvalue weighted by atomic mass is 9.99. The molecule has 0 saturated heterocycles. The summed E-state index contributed by atoms with van der Waals surface area (Å²) >= 11 is 0. The largest absolute Gasteiger partial charge is 0.347 e. The van der Waals surface area contributed by atoms with Crippen LogP contribution in [0.4, 0.5) is 4.39 Å². The summed E-state index contributed by atoms with van der Waals surface area (Å²) in [5.74, 6) is -0.169. The zero-order chi connectivity index (χ0) is 20.1. The van der Waals surface area contributed by atoms with Gasteiger partial charge >= 0.3 is 0 Å². The first kappa shape index (κ1) is 19.4. The highest BCUT2D eigenvalue weighted by Gasteiger charge is 2.21. The number of aromatic amines is 1. The highest BCUT2D eigenvalue weighted by Crippen LogP contribution is 2.21. The molecule has 1 unspecified atom stereocenters. The Morgan fingerprint density at radius 2 is 1.96 bits per heavy atom. The SMILES string of the molecule is CC(C)C(NC(=O)Cc1ccc(F)cc1)c1cc(=O)[nH]c(-c2cccnc2)n1. The molecule has 6 nitrogen and oxygen atoms in total. The topological polar surface area (TPSA) is 87.7 Å². The second kappa shape index (κ2) is 8.56. The molecule has 144 valence electrons. The summed E-state index contributed by atoms with van der Waals surface area (Å²) in [5, 5.41) is 2.94. The van der Waals surface area contributed by atoms with Gasteiger partial charge in [-0.3, -0.25) is 14.6 Å². The molecule has 1 aromatic carbocycles. The van der Waals surface area contributed by atoms with E-state index in [0.717, 1.165) is 0 Å². The minimum atomic E-state index is -0.439. The average molecular weight is 380 g/mol. The molecule has 0 radical (unpaired) electrons. The molecule has 3 rings (SSSR count). The minimum absolute atomic E-state index is 0.00761. The van der Waals surface area contributed by atoms with Crippen LogP contribution in [0.15, 0.2) is 59.7 Å². The molecular formula is C21H21FN4O2. The molecule has 0 aliphatic rings. The molecule has 0 spiro atoms. The van der Waals surface area contributed by atoms with Crippen molar-refractivity contribution >= 4 is 5.91 Å². The molecule has 2 heterocycles. The number of rotatable bonds is 6. The summed E-state index contributed by atoms with van der Waals surface area (Å²) in [6.45, 7) is 3.88. The van der Waals surface area contributed by atoms with Crippen molar-refractivity contribution in [1.82, 2.24) is 20.3 Å². The molecule has 0 fully saturated rings. The molecule has 1 amide bonds. The van der Waals surface area contributed by atoms with Crippen LogP contribution in [0.3, 0.4) is 0 Å². The van der Waals surface area contributed by atoms with Gasteiger partial charge < -0.3 is 10.3 Å². The first-order valence-electron chi connectivity index (χ1n) is 8.98. The van der Waals surface area contributed by atoms with Crippen LogP contribution in [0.2, 0.25) is 0 Å². The monoisotopic (exact) mass is 380 g/mol. The Kier molecular flexibility index (Phi) is 5.93. The molecule has 0 aliphatic heterocycles. The number of hydrogen-bond donors (Lipinski definition) is 2. The molecule has 28 heavy (non-hydrogen) atoms. The van der Waals surface area contributed by atoms with Crippen LogP contribution in [-0.2, 0) is 11.2 Å². The first-order valence-corrected chi connectivity index (χ1v) is 8.98. The number of nitrogens with zero attached hydrogens (tertiary/aromatic N) is 2. The number of aromatic nitrogens is 3. The molecule has 0 aliphatic carbocycles. The van der Waals surface area contributed by atoms with E-state index in [-0.39, 0.29) is 29.6 Å². The van der Waals surface area contributed by atoms with Gasteiger partial charge in [-0.05, 0) is 35.7 Å². The number of H-pyrrole nitrogens is 1. The average Bonchev–Trinajstić information content (AvgIpc) is 2.68. The lowest BCUT2D eigenvalue weighted by Gasteiger charge is -2.22. The molecule has 0 saturated carbocycles. The second-order valence-corrected chi connectivity index (χ2v) is 6.85. The van der Waals surface area contributed by atoms with E-state index in [0.29, 0.717) is 22.6 Å². The van der Waals surface area contributed by atoms with Crippen molar-refractivity contribution in [2.24, 2.45) is 5.92 Å². The van der Waals surface area contributed by atoms with Gasteiger partial charge in [-0.2, -0.15) is 0 Å². The van der Waals surface area contributed by atoms with E-state index < -0.39 is 6.04 Å². The number of pyridine rings is 1. The summed E-state index contributed by atoms with van der Waals surface area (Å²) in [6.07, 6.45) is 3.36. The van der Waals surface area contributed by atoms with Crippen molar-refractivity contribution in [1.29, 1.82) is 0 Å². The van der Waals surface area contributed by atoms with Crippen LogP contribution < -0.4 is 10.9 Å². The maximum atomic E-state index is 13.0. The third-order valence-corrected chi connectivity index (χ3v) is 4.28. The van der Waals surface area contributed by atoms with Gasteiger partial charge in [0.15, 0.2) is 0 Å². The van der Waals surface area contributed by atoms with Crippen molar-refractivity contribution in [3.63, 3.8) is 0 Å². The number of benzene rings is 1. The number of amides is 1. The Balaban J connectivity index is 1.84. The summed E-state index contributed by atoms with van der Waals surface area (Å²) in [7, 11) is 0. The van der Waals surface area contributed by atoms with Gasteiger partial charge in [0, 0.05) is 24.0 Å². The van der Waals surface area contributed by atoms with Gasteiger partial charge in [0.05, 0.1) is 18.2 Å². The first-order chi connectivity index (χ1) is 13.4. The lowest BCUT2D eigenvalue weighted by molar-refractivity contribution is -0.121. The molecule has 2 aromatic heterocycles. The smallest absolute Gasteiger partial charge is 0.251 e. The van der Waals surface area contributed by atoms with Crippen molar-refractivity contribution < 1.29 is 9.18 Å². The Morgan fingerprint density at radius 1 is 1.21 bits per heavy atom. The summed E-state index contributed by atoms with van der Waals surface area (Å²) in [5.41, 5.74) is 1.56. The predicted octanol–water partition coefficient (Wildman–Crippen LogP) is 3.03. The van der Waals surface area contributed by atoms with Crippen LogP contribution in [0.1, 0.15) is 31.1 Å². The van der Waals surface area contributed by atoms with Crippen molar-refractivity contribution in [3.8, 4) is 11.4 Å². The lowest BCUT2D eigenvalue weighted by Crippen LogP contribution is -2.34. The Labute approximate surface area is 161 Å². The second-order valence-electron chi connectivity index (χ2n) is 6.85. The minimum Gasteiger partial charge on any atom is -0.347 e. The highest BCUT2D eigenvalue weighted by atomic mass is 19.1. The number of carbonyl (C=O) groups is 1. The number of halogens is 1. The summed E-state index contributed by atoms with van der Waals surface area (Å²) < 4.78 is 13.0. The molecule has 7 heteroatoms. The molecule has 0 bridgehead atoms. The van der Waals surface area contributed by atoms with E-state index >= 15 is 0 Å². The third-order valence-electron chi connectivity index (χ3n) is 4.28. The maximum Gasteiger partial charge on any atom is 0.251 e. The normalized spacial score (nSPS) is 12.0. The van der Waals surface area contributed by atoms with Crippen molar-refractivity contribution in [2.75, 3.05) is 0 Å². The van der Waals surface area contributed by atoms with Gasteiger partial charge in [0.25, 0.3) is 5.56 Å². The van der Waals surface area contributed by atoms with Crippen LogP contribution in [0.25, 0.3) is 11.4 Å². The number of nitrogens with one attached hydrogen (secondary N) is 2. The van der Waals surface area contributed by atoms with E-state index in [1.807, 2.05) is 13.8 Å². The molecule has 1 atom stereocenters. The molecule has 2 N–H and O–H groups in total. The van der Waals surface area contributed by atoms with E-state index in [1.165, 1.54) is 18.2 Å². The zero-order valence-electron chi connectivity index (χ0n) is 15.6.